The van der Waals surface area contributed by atoms with Gasteiger partial charge in [0.05, 0.1) is 12.2 Å². The number of hydrogen-bond acceptors (Lipinski definition) is 3. The number of hydrogen-bond donors (Lipinski definition) is 2. The average Bonchev–Trinajstić information content (AvgIpc) is 3.29. The van der Waals surface area contributed by atoms with E-state index in [2.05, 4.69) is 12.2 Å². The van der Waals surface area contributed by atoms with Gasteiger partial charge in [-0.1, -0.05) is 50.7 Å². The highest BCUT2D eigenvalue weighted by molar-refractivity contribution is 5.66. The molecular formula is C20H36O4. The second kappa shape index (κ2) is 14.5. The van der Waals surface area contributed by atoms with E-state index >= 15 is 0 Å². The zero-order valence-electron chi connectivity index (χ0n) is 15.1. The predicted octanol–water partition coefficient (Wildman–Crippen LogP) is 4.85. The third kappa shape index (κ3) is 12.5. The number of aliphatic carboxylic acids is 1. The summed E-state index contributed by atoms with van der Waals surface area (Å²) in [5, 5.41) is 17.3. The second-order valence-corrected chi connectivity index (χ2v) is 6.89. The first kappa shape index (κ1) is 21.2. The van der Waals surface area contributed by atoms with Crippen molar-refractivity contribution in [2.24, 2.45) is 0 Å². The minimum absolute atomic E-state index is 0.245. The fourth-order valence-electron chi connectivity index (χ4n) is 3.08. The molecular weight excluding hydrogens is 304 g/mol. The van der Waals surface area contributed by atoms with Crippen molar-refractivity contribution in [1.82, 2.24) is 0 Å². The van der Waals surface area contributed by atoms with E-state index in [0.717, 1.165) is 25.7 Å². The molecule has 4 heteroatoms. The Morgan fingerprint density at radius 1 is 0.792 bits per heavy atom. The van der Waals surface area contributed by atoms with Gasteiger partial charge in [-0.3, -0.25) is 4.79 Å². The second-order valence-electron chi connectivity index (χ2n) is 6.89. The number of carboxylic acid groups (broad SMARTS) is 1. The molecule has 0 bridgehead atoms. The van der Waals surface area contributed by atoms with E-state index in [1.54, 1.807) is 0 Å². The number of rotatable bonds is 17. The quantitative estimate of drug-likeness (QED) is 0.226. The molecule has 0 amide bonds. The molecule has 0 spiro atoms. The highest BCUT2D eigenvalue weighted by Crippen LogP contribution is 2.29. The number of carbonyl (C=O) groups is 1. The van der Waals surface area contributed by atoms with Crippen molar-refractivity contribution >= 4 is 5.97 Å². The van der Waals surface area contributed by atoms with Crippen LogP contribution < -0.4 is 0 Å². The van der Waals surface area contributed by atoms with Crippen LogP contribution >= 0.6 is 0 Å². The molecule has 2 N–H and O–H groups in total. The molecule has 0 radical (unpaired) electrons. The van der Waals surface area contributed by atoms with Crippen LogP contribution in [0.3, 0.4) is 0 Å². The maximum Gasteiger partial charge on any atom is 0.303 e. The van der Waals surface area contributed by atoms with E-state index in [1.807, 2.05) is 0 Å². The number of ether oxygens (including phenoxy) is 1. The van der Waals surface area contributed by atoms with Crippen LogP contribution in [0.25, 0.3) is 0 Å². The van der Waals surface area contributed by atoms with Crippen molar-refractivity contribution in [1.29, 1.82) is 0 Å². The van der Waals surface area contributed by atoms with Gasteiger partial charge in [0, 0.05) is 13.0 Å². The van der Waals surface area contributed by atoms with Gasteiger partial charge in [-0.05, 0) is 44.9 Å². The van der Waals surface area contributed by atoms with E-state index in [4.69, 9.17) is 14.9 Å². The molecule has 1 heterocycles. The highest BCUT2D eigenvalue weighted by atomic mass is 16.6. The van der Waals surface area contributed by atoms with Gasteiger partial charge in [0.15, 0.2) is 0 Å². The van der Waals surface area contributed by atoms with Gasteiger partial charge in [-0.15, -0.1) is 0 Å². The first-order valence-corrected chi connectivity index (χ1v) is 9.87. The third-order valence-electron chi connectivity index (χ3n) is 4.64. The topological polar surface area (TPSA) is 70.1 Å². The lowest BCUT2D eigenvalue weighted by Gasteiger charge is -2.00. The van der Waals surface area contributed by atoms with Crippen molar-refractivity contribution in [2.45, 2.75) is 102 Å². The number of unbranched alkanes of at least 4 members (excludes halogenated alkanes) is 9. The van der Waals surface area contributed by atoms with Crippen LogP contribution in [0.5, 0.6) is 0 Å². The molecule has 0 aromatic heterocycles. The zero-order chi connectivity index (χ0) is 17.5. The molecule has 0 aliphatic carbocycles. The molecule has 24 heavy (non-hydrogen) atoms. The third-order valence-corrected chi connectivity index (χ3v) is 4.64. The summed E-state index contributed by atoms with van der Waals surface area (Å²) in [6, 6.07) is 0. The lowest BCUT2D eigenvalue weighted by Crippen LogP contribution is -1.96. The Hall–Kier alpha value is -0.870. The molecule has 0 unspecified atom stereocenters. The van der Waals surface area contributed by atoms with E-state index in [1.165, 1.54) is 57.8 Å². The number of carboxylic acids is 1. The van der Waals surface area contributed by atoms with Gasteiger partial charge in [-0.25, -0.2) is 0 Å². The number of aliphatic hydroxyl groups excluding tert-OH is 1. The summed E-state index contributed by atoms with van der Waals surface area (Å²) in [6.45, 7) is 0.245. The summed E-state index contributed by atoms with van der Waals surface area (Å²) in [4.78, 5) is 10.4. The molecule has 1 fully saturated rings. The number of epoxide rings is 1. The Kier molecular flexibility index (Phi) is 12.8. The van der Waals surface area contributed by atoms with Crippen molar-refractivity contribution in [3.05, 3.63) is 12.2 Å². The lowest BCUT2D eigenvalue weighted by molar-refractivity contribution is -0.137. The van der Waals surface area contributed by atoms with Crippen LogP contribution in [-0.4, -0.2) is 35.0 Å². The molecule has 0 aromatic carbocycles. The van der Waals surface area contributed by atoms with E-state index < -0.39 is 5.97 Å². The summed E-state index contributed by atoms with van der Waals surface area (Å²) >= 11 is 0. The molecule has 0 saturated carbocycles. The Balaban J connectivity index is 1.72. The molecule has 4 nitrogen and oxygen atoms in total. The molecule has 140 valence electrons. The Bertz CT molecular complexity index is 341. The van der Waals surface area contributed by atoms with Crippen molar-refractivity contribution < 1.29 is 19.7 Å². The summed E-state index contributed by atoms with van der Waals surface area (Å²) in [5.74, 6) is -0.673. The van der Waals surface area contributed by atoms with Gasteiger partial charge < -0.3 is 14.9 Å². The highest BCUT2D eigenvalue weighted by Gasteiger charge is 2.36. The van der Waals surface area contributed by atoms with Crippen LogP contribution in [0.2, 0.25) is 0 Å². The summed E-state index contributed by atoms with van der Waals surface area (Å²) in [6.07, 6.45) is 20.6. The maximum atomic E-state index is 10.4. The van der Waals surface area contributed by atoms with Crippen molar-refractivity contribution in [3.63, 3.8) is 0 Å². The smallest absolute Gasteiger partial charge is 0.303 e. The van der Waals surface area contributed by atoms with Gasteiger partial charge >= 0.3 is 5.97 Å². The zero-order valence-corrected chi connectivity index (χ0v) is 15.1. The van der Waals surface area contributed by atoms with Gasteiger partial charge in [0.25, 0.3) is 0 Å². The van der Waals surface area contributed by atoms with Crippen LogP contribution in [0.4, 0.5) is 0 Å². The van der Waals surface area contributed by atoms with Crippen LogP contribution in [0.1, 0.15) is 89.9 Å². The minimum Gasteiger partial charge on any atom is -0.481 e. The monoisotopic (exact) mass is 340 g/mol. The summed E-state index contributed by atoms with van der Waals surface area (Å²) < 4.78 is 5.48. The van der Waals surface area contributed by atoms with Crippen molar-refractivity contribution in [3.8, 4) is 0 Å². The number of aliphatic hydroxyl groups is 1. The summed E-state index contributed by atoms with van der Waals surface area (Å²) in [5.41, 5.74) is 0. The molecule has 1 aliphatic rings. The van der Waals surface area contributed by atoms with Gasteiger partial charge in [0.2, 0.25) is 0 Å². The Morgan fingerprint density at radius 2 is 1.33 bits per heavy atom. The number of allylic oxidation sites excluding steroid dienone is 2. The fraction of sp³-hybridized carbons (Fsp3) is 0.850. The van der Waals surface area contributed by atoms with E-state index in [9.17, 15) is 4.79 Å². The SMILES string of the molecule is O=C(O)CCCCCCCCC/C=C\CCCC[C@@H]1O[C@@H]1CCO. The normalized spacial score (nSPS) is 19.9. The van der Waals surface area contributed by atoms with E-state index in [-0.39, 0.29) is 6.61 Å². The maximum absolute atomic E-state index is 10.4. The standard InChI is InChI=1S/C20H36O4/c21-17-16-19-18(24-19)14-12-10-8-6-4-2-1-3-5-7-9-11-13-15-20(22)23/h4,6,18-19,21H,1-3,5,7-17H2,(H,22,23)/b6-4-/t18-,19+/m0/s1. The predicted molar refractivity (Wildman–Crippen MR) is 97.2 cm³/mol. The van der Waals surface area contributed by atoms with Crippen LogP contribution in [0, 0.1) is 0 Å². The summed E-state index contributed by atoms with van der Waals surface area (Å²) in [7, 11) is 0. The molecule has 2 atom stereocenters. The van der Waals surface area contributed by atoms with Crippen molar-refractivity contribution in [2.75, 3.05) is 6.61 Å². The molecule has 1 rings (SSSR count). The van der Waals surface area contributed by atoms with Crippen LogP contribution in [0.15, 0.2) is 12.2 Å². The first-order chi connectivity index (χ1) is 11.7. The van der Waals surface area contributed by atoms with Gasteiger partial charge in [-0.2, -0.15) is 0 Å². The average molecular weight is 341 g/mol. The van der Waals surface area contributed by atoms with E-state index in [0.29, 0.717) is 18.6 Å². The first-order valence-electron chi connectivity index (χ1n) is 9.87. The largest absolute Gasteiger partial charge is 0.481 e. The minimum atomic E-state index is -0.673. The molecule has 1 saturated heterocycles. The Labute approximate surface area is 147 Å². The lowest BCUT2D eigenvalue weighted by atomic mass is 10.1. The van der Waals surface area contributed by atoms with Crippen LogP contribution in [-0.2, 0) is 9.53 Å². The molecule has 0 aromatic rings. The fourth-order valence-corrected chi connectivity index (χ4v) is 3.08. The van der Waals surface area contributed by atoms with Gasteiger partial charge in [0.1, 0.15) is 0 Å². The Morgan fingerprint density at radius 3 is 1.96 bits per heavy atom. The molecule has 1 aliphatic heterocycles.